The Hall–Kier alpha value is -0.570. The molecule has 3 nitrogen and oxygen atoms in total. The zero-order valence-electron chi connectivity index (χ0n) is 11.7. The molecule has 1 atom stereocenters. The molecule has 0 aliphatic heterocycles. The summed E-state index contributed by atoms with van der Waals surface area (Å²) in [6, 6.07) is 0. The fraction of sp³-hybridized carbons (Fsp3) is 0.923. The second-order valence-electron chi connectivity index (χ2n) is 5.99. The lowest BCUT2D eigenvalue weighted by Gasteiger charge is -2.31. The monoisotopic (exact) mass is 228 g/mol. The summed E-state index contributed by atoms with van der Waals surface area (Å²) in [4.78, 5) is 11.9. The number of rotatable bonds is 6. The summed E-state index contributed by atoms with van der Waals surface area (Å²) in [7, 11) is 0. The SMILES string of the molecule is CCCC(C)(N)C(=O)NCC(C)(C)C(C)C. The molecule has 0 spiro atoms. The predicted octanol–water partition coefficient (Wildman–Crippen LogP) is 2.30. The molecule has 96 valence electrons. The first-order chi connectivity index (χ1) is 7.13. The van der Waals surface area contributed by atoms with Gasteiger partial charge in [-0.3, -0.25) is 4.79 Å². The van der Waals surface area contributed by atoms with Crippen LogP contribution in [0.5, 0.6) is 0 Å². The molecule has 1 amide bonds. The minimum Gasteiger partial charge on any atom is -0.354 e. The van der Waals surface area contributed by atoms with Crippen molar-refractivity contribution in [3.8, 4) is 0 Å². The molecule has 0 aromatic carbocycles. The van der Waals surface area contributed by atoms with Crippen molar-refractivity contribution in [2.75, 3.05) is 6.54 Å². The predicted molar refractivity (Wildman–Crippen MR) is 69.1 cm³/mol. The van der Waals surface area contributed by atoms with Crippen molar-refractivity contribution in [3.63, 3.8) is 0 Å². The van der Waals surface area contributed by atoms with Crippen LogP contribution in [-0.2, 0) is 4.79 Å². The van der Waals surface area contributed by atoms with E-state index in [0.29, 0.717) is 12.5 Å². The quantitative estimate of drug-likeness (QED) is 0.733. The first-order valence-corrected chi connectivity index (χ1v) is 6.20. The van der Waals surface area contributed by atoms with Gasteiger partial charge in [-0.15, -0.1) is 0 Å². The van der Waals surface area contributed by atoms with E-state index in [2.05, 4.69) is 33.0 Å². The molecule has 0 saturated carbocycles. The Balaban J connectivity index is 4.27. The van der Waals surface area contributed by atoms with E-state index >= 15 is 0 Å². The average molecular weight is 228 g/mol. The van der Waals surface area contributed by atoms with Gasteiger partial charge >= 0.3 is 0 Å². The molecule has 1 unspecified atom stereocenters. The van der Waals surface area contributed by atoms with Crippen LogP contribution in [0.4, 0.5) is 0 Å². The number of hydrogen-bond acceptors (Lipinski definition) is 2. The third kappa shape index (κ3) is 4.52. The fourth-order valence-electron chi connectivity index (χ4n) is 1.35. The summed E-state index contributed by atoms with van der Waals surface area (Å²) < 4.78 is 0. The van der Waals surface area contributed by atoms with Gasteiger partial charge in [-0.1, -0.05) is 41.0 Å². The molecule has 0 aliphatic rings. The number of carbonyl (C=O) groups excluding carboxylic acids is 1. The molecule has 0 rings (SSSR count). The van der Waals surface area contributed by atoms with E-state index in [1.165, 1.54) is 0 Å². The van der Waals surface area contributed by atoms with E-state index in [1.807, 2.05) is 6.92 Å². The molecule has 16 heavy (non-hydrogen) atoms. The minimum atomic E-state index is -0.734. The van der Waals surface area contributed by atoms with Crippen molar-refractivity contribution < 1.29 is 4.79 Å². The van der Waals surface area contributed by atoms with Gasteiger partial charge in [0.2, 0.25) is 5.91 Å². The van der Waals surface area contributed by atoms with Gasteiger partial charge in [-0.2, -0.15) is 0 Å². The summed E-state index contributed by atoms with van der Waals surface area (Å²) in [5.74, 6) is 0.492. The third-order valence-corrected chi connectivity index (χ3v) is 3.56. The van der Waals surface area contributed by atoms with Gasteiger partial charge in [-0.05, 0) is 24.7 Å². The maximum absolute atomic E-state index is 11.9. The Morgan fingerprint density at radius 1 is 1.31 bits per heavy atom. The zero-order chi connectivity index (χ0) is 13.0. The molecule has 0 heterocycles. The van der Waals surface area contributed by atoms with Gasteiger partial charge in [0.25, 0.3) is 0 Å². The van der Waals surface area contributed by atoms with Crippen molar-refractivity contribution >= 4 is 5.91 Å². The summed E-state index contributed by atoms with van der Waals surface area (Å²) in [6.45, 7) is 13.2. The molecule has 0 radical (unpaired) electrons. The zero-order valence-corrected chi connectivity index (χ0v) is 11.7. The lowest BCUT2D eigenvalue weighted by molar-refractivity contribution is -0.126. The smallest absolute Gasteiger partial charge is 0.239 e. The number of hydrogen-bond donors (Lipinski definition) is 2. The summed E-state index contributed by atoms with van der Waals surface area (Å²) >= 11 is 0. The van der Waals surface area contributed by atoms with E-state index in [-0.39, 0.29) is 11.3 Å². The maximum atomic E-state index is 11.9. The van der Waals surface area contributed by atoms with E-state index < -0.39 is 5.54 Å². The Morgan fingerprint density at radius 3 is 2.19 bits per heavy atom. The summed E-state index contributed by atoms with van der Waals surface area (Å²) in [6.07, 6.45) is 1.65. The first-order valence-electron chi connectivity index (χ1n) is 6.20. The molecule has 0 aliphatic carbocycles. The highest BCUT2D eigenvalue weighted by Gasteiger charge is 2.29. The van der Waals surface area contributed by atoms with Crippen molar-refractivity contribution in [1.29, 1.82) is 0 Å². The van der Waals surface area contributed by atoms with Crippen molar-refractivity contribution in [3.05, 3.63) is 0 Å². The van der Waals surface area contributed by atoms with E-state index in [0.717, 1.165) is 12.8 Å². The van der Waals surface area contributed by atoms with Gasteiger partial charge in [0.05, 0.1) is 5.54 Å². The van der Waals surface area contributed by atoms with Crippen molar-refractivity contribution in [2.24, 2.45) is 17.1 Å². The standard InChI is InChI=1S/C13H28N2O/c1-7-8-13(6,14)11(16)15-9-12(4,5)10(2)3/h10H,7-9,14H2,1-6H3,(H,15,16). The van der Waals surface area contributed by atoms with Crippen LogP contribution in [0.15, 0.2) is 0 Å². The van der Waals surface area contributed by atoms with Gasteiger partial charge in [0.15, 0.2) is 0 Å². The van der Waals surface area contributed by atoms with Crippen LogP contribution in [0.25, 0.3) is 0 Å². The molecule has 0 fully saturated rings. The second-order valence-corrected chi connectivity index (χ2v) is 5.99. The van der Waals surface area contributed by atoms with E-state index in [4.69, 9.17) is 5.73 Å². The van der Waals surface area contributed by atoms with Crippen LogP contribution >= 0.6 is 0 Å². The molecule has 0 saturated heterocycles. The highest BCUT2D eigenvalue weighted by molar-refractivity contribution is 5.85. The highest BCUT2D eigenvalue weighted by atomic mass is 16.2. The molecule has 3 N–H and O–H groups in total. The Bertz CT molecular complexity index is 232. The molecule has 0 aromatic rings. The van der Waals surface area contributed by atoms with Crippen LogP contribution in [0.3, 0.4) is 0 Å². The number of nitrogens with two attached hydrogens (primary N) is 1. The molecular weight excluding hydrogens is 200 g/mol. The third-order valence-electron chi connectivity index (χ3n) is 3.56. The van der Waals surface area contributed by atoms with Gasteiger partial charge in [0, 0.05) is 6.54 Å². The lowest BCUT2D eigenvalue weighted by Crippen LogP contribution is -2.53. The number of nitrogens with one attached hydrogen (secondary N) is 1. The van der Waals surface area contributed by atoms with Crippen molar-refractivity contribution in [1.82, 2.24) is 5.32 Å². The average Bonchev–Trinajstić information content (AvgIpc) is 2.13. The summed E-state index contributed by atoms with van der Waals surface area (Å²) in [5.41, 5.74) is 5.34. The largest absolute Gasteiger partial charge is 0.354 e. The maximum Gasteiger partial charge on any atom is 0.239 e. The highest BCUT2D eigenvalue weighted by Crippen LogP contribution is 2.24. The van der Waals surface area contributed by atoms with Crippen molar-refractivity contribution in [2.45, 2.75) is 59.9 Å². The van der Waals surface area contributed by atoms with Crippen LogP contribution in [0.2, 0.25) is 0 Å². The van der Waals surface area contributed by atoms with Crippen LogP contribution < -0.4 is 11.1 Å². The number of carbonyl (C=O) groups is 1. The summed E-state index contributed by atoms with van der Waals surface area (Å²) in [5, 5.41) is 2.97. The molecule has 3 heteroatoms. The van der Waals surface area contributed by atoms with Gasteiger partial charge in [0.1, 0.15) is 0 Å². The van der Waals surface area contributed by atoms with E-state index in [9.17, 15) is 4.79 Å². The first kappa shape index (κ1) is 15.4. The molecular formula is C13H28N2O. The Morgan fingerprint density at radius 2 is 1.81 bits per heavy atom. The van der Waals surface area contributed by atoms with Crippen LogP contribution in [0.1, 0.15) is 54.4 Å². The van der Waals surface area contributed by atoms with E-state index in [1.54, 1.807) is 6.92 Å². The molecule has 0 aromatic heterocycles. The Kier molecular flexibility index (Phi) is 5.47. The van der Waals surface area contributed by atoms with Gasteiger partial charge in [-0.25, -0.2) is 0 Å². The minimum absolute atomic E-state index is 0.0388. The normalized spacial score (nSPS) is 16.0. The molecule has 0 bridgehead atoms. The number of amides is 1. The lowest BCUT2D eigenvalue weighted by atomic mass is 9.81. The topological polar surface area (TPSA) is 55.1 Å². The second kappa shape index (κ2) is 5.67. The van der Waals surface area contributed by atoms with Crippen LogP contribution in [0, 0.1) is 11.3 Å². The Labute approximate surface area is 100 Å². The fourth-order valence-corrected chi connectivity index (χ4v) is 1.35. The van der Waals surface area contributed by atoms with Crippen LogP contribution in [-0.4, -0.2) is 18.0 Å². The van der Waals surface area contributed by atoms with Gasteiger partial charge < -0.3 is 11.1 Å².